The van der Waals surface area contributed by atoms with Crippen molar-refractivity contribution >= 4 is 16.0 Å². The molecule has 0 aromatic carbocycles. The van der Waals surface area contributed by atoms with E-state index >= 15 is 0 Å². The second kappa shape index (κ2) is 5.90. The number of carbonyl (C=O) groups excluding carboxylic acids is 1. The number of hydrogen-bond donors (Lipinski definition) is 1. The first kappa shape index (κ1) is 14.9. The highest BCUT2D eigenvalue weighted by Gasteiger charge is 2.32. The molecule has 1 aliphatic rings. The number of aromatic nitrogens is 2. The van der Waals surface area contributed by atoms with Gasteiger partial charge >= 0.3 is 5.97 Å². The monoisotopic (exact) mass is 303 g/mol. The van der Waals surface area contributed by atoms with Gasteiger partial charge in [0.25, 0.3) is 10.0 Å². The average Bonchev–Trinajstić information content (AvgIpc) is 2.86. The first-order valence-electron chi connectivity index (χ1n) is 6.13. The topological polar surface area (TPSA) is 102 Å². The van der Waals surface area contributed by atoms with E-state index < -0.39 is 22.1 Å². The molecule has 1 aromatic rings. The SMILES string of the molecule is COC(=O)CC1CN(S(=O)(=O)c2cnc(C)[nH]2)CCO1. The van der Waals surface area contributed by atoms with E-state index in [2.05, 4.69) is 14.7 Å². The van der Waals surface area contributed by atoms with Gasteiger partial charge in [0.2, 0.25) is 0 Å². The van der Waals surface area contributed by atoms with Crippen LogP contribution in [0, 0.1) is 6.92 Å². The maximum Gasteiger partial charge on any atom is 0.308 e. The largest absolute Gasteiger partial charge is 0.469 e. The number of hydrogen-bond acceptors (Lipinski definition) is 6. The van der Waals surface area contributed by atoms with Crippen LogP contribution in [0.2, 0.25) is 0 Å². The second-order valence-corrected chi connectivity index (χ2v) is 6.38. The predicted molar refractivity (Wildman–Crippen MR) is 68.5 cm³/mol. The third kappa shape index (κ3) is 3.17. The summed E-state index contributed by atoms with van der Waals surface area (Å²) in [5.74, 6) is 0.106. The summed E-state index contributed by atoms with van der Waals surface area (Å²) >= 11 is 0. The highest BCUT2D eigenvalue weighted by atomic mass is 32.2. The van der Waals surface area contributed by atoms with Gasteiger partial charge in [-0.05, 0) is 6.92 Å². The molecule has 0 spiro atoms. The van der Waals surface area contributed by atoms with Crippen LogP contribution in [0.3, 0.4) is 0 Å². The lowest BCUT2D eigenvalue weighted by molar-refractivity contribution is -0.145. The Kier molecular flexibility index (Phi) is 4.41. The molecule has 2 heterocycles. The lowest BCUT2D eigenvalue weighted by Gasteiger charge is -2.31. The van der Waals surface area contributed by atoms with E-state index in [0.717, 1.165) is 0 Å². The van der Waals surface area contributed by atoms with Crippen LogP contribution in [0.5, 0.6) is 0 Å². The van der Waals surface area contributed by atoms with Crippen molar-refractivity contribution in [2.75, 3.05) is 26.8 Å². The minimum Gasteiger partial charge on any atom is -0.469 e. The van der Waals surface area contributed by atoms with E-state index in [9.17, 15) is 13.2 Å². The van der Waals surface area contributed by atoms with Gasteiger partial charge in [-0.3, -0.25) is 4.79 Å². The summed E-state index contributed by atoms with van der Waals surface area (Å²) in [7, 11) is -2.35. The molecule has 1 fully saturated rings. The van der Waals surface area contributed by atoms with Gasteiger partial charge < -0.3 is 14.5 Å². The Labute approximate surface area is 117 Å². The Bertz CT molecular complexity index is 583. The van der Waals surface area contributed by atoms with Gasteiger partial charge in [0, 0.05) is 13.1 Å². The van der Waals surface area contributed by atoms with Crippen LogP contribution in [-0.4, -0.2) is 61.6 Å². The lowest BCUT2D eigenvalue weighted by Crippen LogP contribution is -2.46. The molecule has 1 aliphatic heterocycles. The molecule has 1 unspecified atom stereocenters. The van der Waals surface area contributed by atoms with Crippen LogP contribution in [0.1, 0.15) is 12.2 Å². The van der Waals surface area contributed by atoms with E-state index in [1.54, 1.807) is 6.92 Å². The minimum absolute atomic E-state index is 0.0323. The van der Waals surface area contributed by atoms with Gasteiger partial charge in [0.15, 0.2) is 5.03 Å². The quantitative estimate of drug-likeness (QED) is 0.764. The van der Waals surface area contributed by atoms with Gasteiger partial charge in [0.05, 0.1) is 32.4 Å². The Morgan fingerprint density at radius 3 is 3.00 bits per heavy atom. The molecule has 1 atom stereocenters. The van der Waals surface area contributed by atoms with Gasteiger partial charge in [-0.2, -0.15) is 4.31 Å². The highest BCUT2D eigenvalue weighted by Crippen LogP contribution is 2.18. The van der Waals surface area contributed by atoms with Gasteiger partial charge in [-0.1, -0.05) is 0 Å². The van der Waals surface area contributed by atoms with Crippen LogP contribution in [0.25, 0.3) is 0 Å². The molecule has 2 rings (SSSR count). The third-order valence-corrected chi connectivity index (χ3v) is 4.80. The number of imidazole rings is 1. The maximum absolute atomic E-state index is 12.4. The fourth-order valence-electron chi connectivity index (χ4n) is 1.97. The van der Waals surface area contributed by atoms with Crippen LogP contribution in [0.15, 0.2) is 11.2 Å². The van der Waals surface area contributed by atoms with Crippen molar-refractivity contribution in [2.24, 2.45) is 0 Å². The molecule has 8 nitrogen and oxygen atoms in total. The zero-order valence-corrected chi connectivity index (χ0v) is 12.1. The van der Waals surface area contributed by atoms with Gasteiger partial charge in [-0.15, -0.1) is 0 Å². The molecule has 0 amide bonds. The van der Waals surface area contributed by atoms with Crippen LogP contribution in [-0.2, 0) is 24.3 Å². The van der Waals surface area contributed by atoms with Crippen LogP contribution in [0.4, 0.5) is 0 Å². The third-order valence-electron chi connectivity index (χ3n) is 3.02. The molecule has 1 N–H and O–H groups in total. The standard InChI is InChI=1S/C11H17N3O5S/c1-8-12-6-10(13-8)20(16,17)14-3-4-19-9(7-14)5-11(15)18-2/h6,9H,3-5,7H2,1-2H3,(H,12,13). The van der Waals surface area contributed by atoms with Crippen LogP contribution < -0.4 is 0 Å². The molecule has 20 heavy (non-hydrogen) atoms. The van der Waals surface area contributed by atoms with Crippen molar-refractivity contribution in [2.45, 2.75) is 24.5 Å². The predicted octanol–water partition coefficient (Wildman–Crippen LogP) is -0.329. The first-order chi connectivity index (χ1) is 9.43. The molecule has 0 bridgehead atoms. The van der Waals surface area contributed by atoms with E-state index in [4.69, 9.17) is 4.74 Å². The molecular weight excluding hydrogens is 286 g/mol. The van der Waals surface area contributed by atoms with Crippen molar-refractivity contribution < 1.29 is 22.7 Å². The molecule has 0 saturated carbocycles. The summed E-state index contributed by atoms with van der Waals surface area (Å²) in [4.78, 5) is 17.8. The minimum atomic E-state index is -3.63. The number of H-pyrrole nitrogens is 1. The number of ether oxygens (including phenoxy) is 2. The first-order valence-corrected chi connectivity index (χ1v) is 7.57. The van der Waals surface area contributed by atoms with E-state index in [1.807, 2.05) is 0 Å². The smallest absolute Gasteiger partial charge is 0.308 e. The number of nitrogens with one attached hydrogen (secondary N) is 1. The Morgan fingerprint density at radius 1 is 1.65 bits per heavy atom. The van der Waals surface area contributed by atoms with Crippen molar-refractivity contribution in [3.8, 4) is 0 Å². The summed E-state index contributed by atoms with van der Waals surface area (Å²) < 4.78 is 36.0. The average molecular weight is 303 g/mol. The number of aryl methyl sites for hydroxylation is 1. The molecule has 0 aliphatic carbocycles. The van der Waals surface area contributed by atoms with Crippen molar-refractivity contribution in [3.63, 3.8) is 0 Å². The van der Waals surface area contributed by atoms with Gasteiger partial charge in [-0.25, -0.2) is 13.4 Å². The molecule has 1 saturated heterocycles. The number of methoxy groups -OCH3 is 1. The fraction of sp³-hybridized carbons (Fsp3) is 0.636. The molecule has 0 radical (unpaired) electrons. The zero-order chi connectivity index (χ0) is 14.8. The molecular formula is C11H17N3O5S. The lowest BCUT2D eigenvalue weighted by atomic mass is 10.2. The highest BCUT2D eigenvalue weighted by molar-refractivity contribution is 7.89. The van der Waals surface area contributed by atoms with Crippen molar-refractivity contribution in [1.29, 1.82) is 0 Å². The second-order valence-electron chi connectivity index (χ2n) is 4.47. The summed E-state index contributed by atoms with van der Waals surface area (Å²) in [6.07, 6.45) is 0.829. The molecule has 9 heteroatoms. The number of morpholine rings is 1. The number of nitrogens with zero attached hydrogens (tertiary/aromatic N) is 2. The normalized spacial score (nSPS) is 20.8. The van der Waals surface area contributed by atoms with Crippen molar-refractivity contribution in [3.05, 3.63) is 12.0 Å². The van der Waals surface area contributed by atoms with E-state index in [1.165, 1.54) is 17.6 Å². The molecule has 1 aromatic heterocycles. The summed E-state index contributed by atoms with van der Waals surface area (Å²) in [5, 5.41) is 0.0497. The maximum atomic E-state index is 12.4. The van der Waals surface area contributed by atoms with E-state index in [0.29, 0.717) is 5.82 Å². The van der Waals surface area contributed by atoms with E-state index in [-0.39, 0.29) is 31.1 Å². The van der Waals surface area contributed by atoms with Crippen LogP contribution >= 0.6 is 0 Å². The molecule has 112 valence electrons. The summed E-state index contributed by atoms with van der Waals surface area (Å²) in [6.45, 7) is 2.29. The summed E-state index contributed by atoms with van der Waals surface area (Å²) in [6, 6.07) is 0. The number of esters is 1. The van der Waals surface area contributed by atoms with Gasteiger partial charge in [0.1, 0.15) is 5.82 Å². The Morgan fingerprint density at radius 2 is 2.40 bits per heavy atom. The number of sulfonamides is 1. The Hall–Kier alpha value is -1.45. The summed E-state index contributed by atoms with van der Waals surface area (Å²) in [5.41, 5.74) is 0. The van der Waals surface area contributed by atoms with Crippen molar-refractivity contribution in [1.82, 2.24) is 14.3 Å². The fourth-order valence-corrected chi connectivity index (χ4v) is 3.39. The number of rotatable bonds is 4. The number of carbonyl (C=O) groups is 1. The zero-order valence-electron chi connectivity index (χ0n) is 11.3. The number of aromatic amines is 1. The Balaban J connectivity index is 2.10.